The Hall–Kier alpha value is -1.96. The summed E-state index contributed by atoms with van der Waals surface area (Å²) in [4.78, 5) is 14.6. The van der Waals surface area contributed by atoms with Crippen LogP contribution in [0.25, 0.3) is 0 Å². The van der Waals surface area contributed by atoms with Gasteiger partial charge in [0, 0.05) is 37.4 Å². The maximum atomic E-state index is 12.6. The van der Waals surface area contributed by atoms with Crippen LogP contribution in [-0.2, 0) is 4.79 Å². The van der Waals surface area contributed by atoms with Crippen molar-refractivity contribution in [1.29, 1.82) is 0 Å². The molecule has 1 fully saturated rings. The Morgan fingerprint density at radius 1 is 1.35 bits per heavy atom. The van der Waals surface area contributed by atoms with Crippen molar-refractivity contribution in [3.63, 3.8) is 0 Å². The van der Waals surface area contributed by atoms with Crippen molar-refractivity contribution in [2.24, 2.45) is 11.1 Å². The molecule has 1 aromatic carbocycles. The van der Waals surface area contributed by atoms with Crippen molar-refractivity contribution in [2.75, 3.05) is 24.5 Å². The van der Waals surface area contributed by atoms with Gasteiger partial charge in [-0.25, -0.2) is 0 Å². The Balaban J connectivity index is 2.00. The van der Waals surface area contributed by atoms with Crippen LogP contribution < -0.4 is 20.7 Å². The number of rotatable bonds is 7. The molecule has 1 aliphatic heterocycles. The Morgan fingerprint density at radius 3 is 2.62 bits per heavy atom. The predicted molar refractivity (Wildman–Crippen MR) is 94.0 cm³/mol. The van der Waals surface area contributed by atoms with E-state index in [2.05, 4.69) is 10.1 Å². The van der Waals surface area contributed by atoms with Crippen LogP contribution in [0.4, 0.5) is 18.9 Å². The van der Waals surface area contributed by atoms with Crippen molar-refractivity contribution >= 4 is 11.6 Å². The molecular formula is C18H26F3N3O2. The molecule has 26 heavy (non-hydrogen) atoms. The Labute approximate surface area is 151 Å². The van der Waals surface area contributed by atoms with E-state index in [4.69, 9.17) is 5.73 Å². The number of benzene rings is 1. The SMILES string of the molecule is CCC(CC)(CN)C(=O)NC1CCN(c2cccc(OC(F)(F)F)c2)C1. The summed E-state index contributed by atoms with van der Waals surface area (Å²) in [5.41, 5.74) is 5.89. The number of nitrogens with zero attached hydrogens (tertiary/aromatic N) is 1. The molecule has 1 atom stereocenters. The van der Waals surface area contributed by atoms with E-state index in [-0.39, 0.29) is 17.7 Å². The lowest BCUT2D eigenvalue weighted by Crippen LogP contribution is -2.49. The molecule has 0 spiro atoms. The molecule has 5 nitrogen and oxygen atoms in total. The molecule has 1 aromatic rings. The fourth-order valence-electron chi connectivity index (χ4n) is 3.28. The molecule has 3 N–H and O–H groups in total. The van der Waals surface area contributed by atoms with Crippen molar-refractivity contribution in [1.82, 2.24) is 5.32 Å². The summed E-state index contributed by atoms with van der Waals surface area (Å²) in [6, 6.07) is 5.83. The van der Waals surface area contributed by atoms with Gasteiger partial charge in [0.25, 0.3) is 0 Å². The van der Waals surface area contributed by atoms with Crippen LogP contribution in [0.1, 0.15) is 33.1 Å². The zero-order chi connectivity index (χ0) is 19.4. The number of alkyl halides is 3. The van der Waals surface area contributed by atoms with Gasteiger partial charge in [-0.05, 0) is 31.4 Å². The third kappa shape index (κ3) is 4.81. The average Bonchev–Trinajstić information content (AvgIpc) is 3.04. The first kappa shape index (κ1) is 20.4. The third-order valence-electron chi connectivity index (χ3n) is 5.17. The maximum Gasteiger partial charge on any atom is 0.573 e. The van der Waals surface area contributed by atoms with Gasteiger partial charge in [0.15, 0.2) is 0 Å². The first-order chi connectivity index (χ1) is 12.2. The smallest absolute Gasteiger partial charge is 0.406 e. The van der Waals surface area contributed by atoms with E-state index < -0.39 is 11.8 Å². The highest BCUT2D eigenvalue weighted by molar-refractivity contribution is 5.83. The van der Waals surface area contributed by atoms with Crippen molar-refractivity contribution in [3.05, 3.63) is 24.3 Å². The standard InChI is InChI=1S/C18H26F3N3O2/c1-3-17(4-2,12-22)16(25)23-13-8-9-24(11-13)14-6-5-7-15(10-14)26-18(19,20)21/h5-7,10,13H,3-4,8-9,11-12,22H2,1-2H3,(H,23,25). The van der Waals surface area contributed by atoms with E-state index in [1.165, 1.54) is 18.2 Å². The van der Waals surface area contributed by atoms with Crippen LogP contribution in [0.3, 0.4) is 0 Å². The zero-order valence-corrected chi connectivity index (χ0v) is 15.1. The molecule has 0 bridgehead atoms. The topological polar surface area (TPSA) is 67.6 Å². The number of halogens is 3. The molecule has 0 saturated carbocycles. The molecular weight excluding hydrogens is 347 g/mol. The van der Waals surface area contributed by atoms with Gasteiger partial charge in [0.05, 0.1) is 5.41 Å². The second kappa shape index (κ2) is 8.16. The summed E-state index contributed by atoms with van der Waals surface area (Å²) < 4.78 is 41.1. The van der Waals surface area contributed by atoms with Crippen LogP contribution in [0.5, 0.6) is 5.75 Å². The summed E-state index contributed by atoms with van der Waals surface area (Å²) >= 11 is 0. The number of nitrogens with one attached hydrogen (secondary N) is 1. The van der Waals surface area contributed by atoms with E-state index in [9.17, 15) is 18.0 Å². The van der Waals surface area contributed by atoms with E-state index in [1.54, 1.807) is 6.07 Å². The van der Waals surface area contributed by atoms with Crippen LogP contribution in [0.15, 0.2) is 24.3 Å². The minimum atomic E-state index is -4.72. The molecule has 0 aromatic heterocycles. The quantitative estimate of drug-likeness (QED) is 0.771. The van der Waals surface area contributed by atoms with E-state index >= 15 is 0 Å². The summed E-state index contributed by atoms with van der Waals surface area (Å²) in [5.74, 6) is -0.299. The fourth-order valence-corrected chi connectivity index (χ4v) is 3.28. The van der Waals surface area contributed by atoms with Crippen molar-refractivity contribution < 1.29 is 22.7 Å². The number of hydrogen-bond donors (Lipinski definition) is 2. The van der Waals surface area contributed by atoms with Gasteiger partial charge < -0.3 is 20.7 Å². The van der Waals surface area contributed by atoms with E-state index in [1.807, 2.05) is 18.7 Å². The molecule has 1 aliphatic rings. The van der Waals surface area contributed by atoms with Crippen LogP contribution >= 0.6 is 0 Å². The lowest BCUT2D eigenvalue weighted by atomic mass is 9.81. The molecule has 146 valence electrons. The lowest BCUT2D eigenvalue weighted by molar-refractivity contribution is -0.274. The number of ether oxygens (including phenoxy) is 1. The molecule has 8 heteroatoms. The van der Waals surface area contributed by atoms with Gasteiger partial charge in [0.1, 0.15) is 5.75 Å². The molecule has 1 saturated heterocycles. The second-order valence-corrected chi connectivity index (χ2v) is 6.64. The number of carbonyl (C=O) groups excluding carboxylic acids is 1. The first-order valence-electron chi connectivity index (χ1n) is 8.85. The van der Waals surface area contributed by atoms with Gasteiger partial charge in [-0.3, -0.25) is 4.79 Å². The minimum Gasteiger partial charge on any atom is -0.406 e. The minimum absolute atomic E-state index is 0.0500. The molecule has 1 amide bonds. The summed E-state index contributed by atoms with van der Waals surface area (Å²) in [5, 5.41) is 3.05. The molecule has 2 rings (SSSR count). The predicted octanol–water partition coefficient (Wildman–Crippen LogP) is 3.05. The lowest BCUT2D eigenvalue weighted by Gasteiger charge is -2.30. The van der Waals surface area contributed by atoms with Gasteiger partial charge in [0.2, 0.25) is 5.91 Å². The zero-order valence-electron chi connectivity index (χ0n) is 15.1. The highest BCUT2D eigenvalue weighted by Crippen LogP contribution is 2.29. The Morgan fingerprint density at radius 2 is 2.04 bits per heavy atom. The summed E-state index contributed by atoms with van der Waals surface area (Å²) in [6.45, 7) is 5.37. The van der Waals surface area contributed by atoms with Gasteiger partial charge in [-0.1, -0.05) is 19.9 Å². The monoisotopic (exact) mass is 373 g/mol. The van der Waals surface area contributed by atoms with Gasteiger partial charge in [-0.2, -0.15) is 0 Å². The van der Waals surface area contributed by atoms with Gasteiger partial charge in [-0.15, -0.1) is 13.2 Å². The second-order valence-electron chi connectivity index (χ2n) is 6.64. The van der Waals surface area contributed by atoms with Crippen molar-refractivity contribution in [3.8, 4) is 5.75 Å². The van der Waals surface area contributed by atoms with Crippen molar-refractivity contribution in [2.45, 2.75) is 45.5 Å². The molecule has 0 aliphatic carbocycles. The molecule has 0 radical (unpaired) electrons. The molecule has 1 unspecified atom stereocenters. The number of nitrogens with two attached hydrogens (primary N) is 1. The van der Waals surface area contributed by atoms with Crippen LogP contribution in [-0.4, -0.2) is 37.9 Å². The van der Waals surface area contributed by atoms with Gasteiger partial charge >= 0.3 is 6.36 Å². The van der Waals surface area contributed by atoms with E-state index in [0.717, 1.165) is 6.42 Å². The molecule has 1 heterocycles. The number of hydrogen-bond acceptors (Lipinski definition) is 4. The summed E-state index contributed by atoms with van der Waals surface area (Å²) in [7, 11) is 0. The largest absolute Gasteiger partial charge is 0.573 e. The number of amides is 1. The fraction of sp³-hybridized carbons (Fsp3) is 0.611. The van der Waals surface area contributed by atoms with Crippen LogP contribution in [0.2, 0.25) is 0 Å². The maximum absolute atomic E-state index is 12.6. The highest BCUT2D eigenvalue weighted by Gasteiger charge is 2.36. The Bertz CT molecular complexity index is 610. The van der Waals surface area contributed by atoms with E-state index in [0.29, 0.717) is 38.2 Å². The average molecular weight is 373 g/mol. The number of anilines is 1. The number of carbonyl (C=O) groups is 1. The highest BCUT2D eigenvalue weighted by atomic mass is 19.4. The third-order valence-corrected chi connectivity index (χ3v) is 5.17. The normalized spacial score (nSPS) is 18.1. The van der Waals surface area contributed by atoms with Crippen LogP contribution in [0, 0.1) is 5.41 Å². The Kier molecular flexibility index (Phi) is 6.39. The summed E-state index contributed by atoms with van der Waals surface area (Å²) in [6.07, 6.45) is -2.66. The first-order valence-corrected chi connectivity index (χ1v) is 8.85.